The smallest absolute Gasteiger partial charge is 0.322 e. The molecule has 1 fully saturated rings. The second-order valence-corrected chi connectivity index (χ2v) is 8.42. The van der Waals surface area contributed by atoms with E-state index < -0.39 is 22.0 Å². The molecule has 1 aromatic rings. The SMILES string of the molecule is Cc1cc(S(=O)(=O)N2CCCCCC2C(=O)O)c(C)s1. The topological polar surface area (TPSA) is 74.7 Å². The van der Waals surface area contributed by atoms with Crippen molar-refractivity contribution in [1.82, 2.24) is 4.31 Å². The average molecular weight is 317 g/mol. The lowest BCUT2D eigenvalue weighted by atomic mass is 10.1. The van der Waals surface area contributed by atoms with E-state index in [1.165, 1.54) is 15.6 Å². The highest BCUT2D eigenvalue weighted by Gasteiger charge is 2.37. The number of carboxylic acid groups (broad SMARTS) is 1. The van der Waals surface area contributed by atoms with Crippen molar-refractivity contribution in [2.24, 2.45) is 0 Å². The fourth-order valence-corrected chi connectivity index (χ4v) is 5.78. The minimum atomic E-state index is -3.73. The summed E-state index contributed by atoms with van der Waals surface area (Å²) in [5, 5.41) is 9.31. The van der Waals surface area contributed by atoms with E-state index in [1.54, 1.807) is 13.0 Å². The molecule has 112 valence electrons. The normalized spacial score (nSPS) is 21.6. The van der Waals surface area contributed by atoms with Gasteiger partial charge in [0.05, 0.1) is 4.90 Å². The number of aliphatic carboxylic acids is 1. The van der Waals surface area contributed by atoms with E-state index in [9.17, 15) is 18.3 Å². The summed E-state index contributed by atoms with van der Waals surface area (Å²) < 4.78 is 26.7. The van der Waals surface area contributed by atoms with Gasteiger partial charge in [-0.05, 0) is 32.8 Å². The molecule has 0 aliphatic carbocycles. The molecule has 1 aliphatic heterocycles. The molecule has 1 atom stereocenters. The molecule has 1 unspecified atom stereocenters. The monoisotopic (exact) mass is 317 g/mol. The zero-order valence-electron chi connectivity index (χ0n) is 11.6. The van der Waals surface area contributed by atoms with Crippen molar-refractivity contribution in [2.75, 3.05) is 6.54 Å². The zero-order chi connectivity index (χ0) is 14.9. The van der Waals surface area contributed by atoms with Crippen molar-refractivity contribution >= 4 is 27.3 Å². The minimum absolute atomic E-state index is 0.258. The Hall–Kier alpha value is -0.920. The molecule has 1 saturated heterocycles. The van der Waals surface area contributed by atoms with Crippen molar-refractivity contribution in [3.63, 3.8) is 0 Å². The van der Waals surface area contributed by atoms with Crippen LogP contribution in [-0.2, 0) is 14.8 Å². The third-order valence-electron chi connectivity index (χ3n) is 3.57. The molecule has 1 N–H and O–H groups in total. The Bertz CT molecular complexity index is 606. The Morgan fingerprint density at radius 3 is 2.60 bits per heavy atom. The Labute approximate surface area is 123 Å². The predicted octanol–water partition coefficient (Wildman–Crippen LogP) is 2.38. The lowest BCUT2D eigenvalue weighted by Gasteiger charge is -2.25. The van der Waals surface area contributed by atoms with Crippen LogP contribution in [-0.4, -0.2) is 36.4 Å². The standard InChI is InChI=1S/C13H19NO4S2/c1-9-8-12(10(2)19-9)20(17,18)14-7-5-3-4-6-11(14)13(15)16/h8,11H,3-7H2,1-2H3,(H,15,16). The van der Waals surface area contributed by atoms with Gasteiger partial charge in [-0.25, -0.2) is 8.42 Å². The van der Waals surface area contributed by atoms with E-state index in [0.717, 1.165) is 22.6 Å². The molecule has 1 aromatic heterocycles. The molecule has 2 heterocycles. The van der Waals surface area contributed by atoms with Crippen LogP contribution >= 0.6 is 11.3 Å². The molecular formula is C13H19NO4S2. The van der Waals surface area contributed by atoms with E-state index in [1.807, 2.05) is 6.92 Å². The van der Waals surface area contributed by atoms with Gasteiger partial charge in [0.2, 0.25) is 10.0 Å². The van der Waals surface area contributed by atoms with Crippen LogP contribution < -0.4 is 0 Å². The van der Waals surface area contributed by atoms with E-state index in [-0.39, 0.29) is 11.4 Å². The maximum Gasteiger partial charge on any atom is 0.322 e. The number of nitrogens with zero attached hydrogens (tertiary/aromatic N) is 1. The van der Waals surface area contributed by atoms with Gasteiger partial charge in [-0.15, -0.1) is 11.3 Å². The highest BCUT2D eigenvalue weighted by Crippen LogP contribution is 2.31. The number of aryl methyl sites for hydroxylation is 2. The first-order valence-electron chi connectivity index (χ1n) is 6.65. The van der Waals surface area contributed by atoms with Crippen LogP contribution in [0.3, 0.4) is 0 Å². The molecule has 0 spiro atoms. The molecule has 1 aliphatic rings. The number of thiophene rings is 1. The molecule has 7 heteroatoms. The van der Waals surface area contributed by atoms with Crippen LogP contribution in [0.5, 0.6) is 0 Å². The van der Waals surface area contributed by atoms with Crippen molar-refractivity contribution < 1.29 is 18.3 Å². The average Bonchev–Trinajstić information content (AvgIpc) is 2.59. The van der Waals surface area contributed by atoms with Crippen LogP contribution in [0, 0.1) is 13.8 Å². The first-order valence-corrected chi connectivity index (χ1v) is 8.91. The van der Waals surface area contributed by atoms with E-state index >= 15 is 0 Å². The van der Waals surface area contributed by atoms with Gasteiger partial charge in [-0.1, -0.05) is 12.8 Å². The fraction of sp³-hybridized carbons (Fsp3) is 0.615. The Balaban J connectivity index is 2.44. The van der Waals surface area contributed by atoms with Crippen molar-refractivity contribution in [2.45, 2.75) is 50.5 Å². The number of carboxylic acids is 1. The van der Waals surface area contributed by atoms with Crippen molar-refractivity contribution in [1.29, 1.82) is 0 Å². The highest BCUT2D eigenvalue weighted by atomic mass is 32.2. The van der Waals surface area contributed by atoms with Gasteiger partial charge < -0.3 is 5.11 Å². The third-order valence-corrected chi connectivity index (χ3v) is 6.70. The number of sulfonamides is 1. The lowest BCUT2D eigenvalue weighted by Crippen LogP contribution is -2.44. The Kier molecular flexibility index (Phi) is 4.51. The predicted molar refractivity (Wildman–Crippen MR) is 77.6 cm³/mol. The second-order valence-electron chi connectivity index (χ2n) is 5.10. The summed E-state index contributed by atoms with van der Waals surface area (Å²) in [7, 11) is -3.73. The van der Waals surface area contributed by atoms with E-state index in [0.29, 0.717) is 12.8 Å². The maximum absolute atomic E-state index is 12.8. The van der Waals surface area contributed by atoms with Gasteiger partial charge in [-0.3, -0.25) is 4.79 Å². The molecule has 2 rings (SSSR count). The van der Waals surface area contributed by atoms with Gasteiger partial charge in [-0.2, -0.15) is 4.31 Å². The molecule has 0 radical (unpaired) electrons. The fourth-order valence-electron chi connectivity index (χ4n) is 2.61. The van der Waals surface area contributed by atoms with Gasteiger partial charge >= 0.3 is 5.97 Å². The number of hydrogen-bond donors (Lipinski definition) is 1. The summed E-state index contributed by atoms with van der Waals surface area (Å²) in [6.45, 7) is 3.90. The molecule has 0 bridgehead atoms. The number of hydrogen-bond acceptors (Lipinski definition) is 4. The maximum atomic E-state index is 12.8. The zero-order valence-corrected chi connectivity index (χ0v) is 13.3. The van der Waals surface area contributed by atoms with Gasteiger partial charge in [0.25, 0.3) is 0 Å². The summed E-state index contributed by atoms with van der Waals surface area (Å²) >= 11 is 1.42. The largest absolute Gasteiger partial charge is 0.480 e. The van der Waals surface area contributed by atoms with Gasteiger partial charge in [0.15, 0.2) is 0 Å². The molecule has 20 heavy (non-hydrogen) atoms. The Morgan fingerprint density at radius 1 is 1.35 bits per heavy atom. The molecular weight excluding hydrogens is 298 g/mol. The van der Waals surface area contributed by atoms with E-state index in [4.69, 9.17) is 0 Å². The van der Waals surface area contributed by atoms with Crippen LogP contribution in [0.1, 0.15) is 35.4 Å². The number of carbonyl (C=O) groups is 1. The quantitative estimate of drug-likeness (QED) is 0.929. The molecule has 5 nitrogen and oxygen atoms in total. The first kappa shape index (κ1) is 15.5. The van der Waals surface area contributed by atoms with Crippen LogP contribution in [0.15, 0.2) is 11.0 Å². The van der Waals surface area contributed by atoms with Crippen LogP contribution in [0.2, 0.25) is 0 Å². The van der Waals surface area contributed by atoms with Crippen molar-refractivity contribution in [3.05, 3.63) is 15.8 Å². The van der Waals surface area contributed by atoms with Crippen LogP contribution in [0.25, 0.3) is 0 Å². The van der Waals surface area contributed by atoms with Gasteiger partial charge in [0, 0.05) is 16.3 Å². The third kappa shape index (κ3) is 2.89. The summed E-state index contributed by atoms with van der Waals surface area (Å²) in [5.74, 6) is -1.06. The lowest BCUT2D eigenvalue weighted by molar-refractivity contribution is -0.141. The van der Waals surface area contributed by atoms with Crippen LogP contribution in [0.4, 0.5) is 0 Å². The Morgan fingerprint density at radius 2 is 2.05 bits per heavy atom. The molecule has 0 saturated carbocycles. The number of rotatable bonds is 3. The first-order chi connectivity index (χ1) is 9.34. The summed E-state index contributed by atoms with van der Waals surface area (Å²) in [5.41, 5.74) is 0. The van der Waals surface area contributed by atoms with Gasteiger partial charge in [0.1, 0.15) is 6.04 Å². The highest BCUT2D eigenvalue weighted by molar-refractivity contribution is 7.89. The summed E-state index contributed by atoms with van der Waals surface area (Å²) in [4.78, 5) is 13.3. The minimum Gasteiger partial charge on any atom is -0.480 e. The van der Waals surface area contributed by atoms with Crippen molar-refractivity contribution in [3.8, 4) is 0 Å². The second kappa shape index (κ2) is 5.83. The molecule has 0 aromatic carbocycles. The molecule has 0 amide bonds. The summed E-state index contributed by atoms with van der Waals surface area (Å²) in [6.07, 6.45) is 2.73. The van der Waals surface area contributed by atoms with E-state index in [2.05, 4.69) is 0 Å². The summed E-state index contributed by atoms with van der Waals surface area (Å²) in [6, 6.07) is 0.696.